The Balaban J connectivity index is 1.73. The van der Waals surface area contributed by atoms with Crippen LogP contribution in [0.2, 0.25) is 5.02 Å². The van der Waals surface area contributed by atoms with Gasteiger partial charge in [0.15, 0.2) is 11.6 Å². The summed E-state index contributed by atoms with van der Waals surface area (Å²) in [7, 11) is 0. The van der Waals surface area contributed by atoms with E-state index >= 15 is 0 Å². The number of aromatic nitrogens is 2. The Bertz CT molecular complexity index is 863. The van der Waals surface area contributed by atoms with Crippen molar-refractivity contribution in [1.29, 1.82) is 0 Å². The van der Waals surface area contributed by atoms with E-state index in [-0.39, 0.29) is 18.0 Å². The third-order valence-electron chi connectivity index (χ3n) is 3.01. The van der Waals surface area contributed by atoms with Gasteiger partial charge in [0.2, 0.25) is 5.91 Å². The lowest BCUT2D eigenvalue weighted by Gasteiger charge is -2.04. The quantitative estimate of drug-likeness (QED) is 0.803. The number of hydrogen-bond acceptors (Lipinski definition) is 2. The minimum atomic E-state index is -1.01. The summed E-state index contributed by atoms with van der Waals surface area (Å²) in [5, 5.41) is 3.05. The van der Waals surface area contributed by atoms with Crippen LogP contribution >= 0.6 is 11.6 Å². The number of carbonyl (C=O) groups excluding carboxylic acids is 1. The monoisotopic (exact) mass is 321 g/mol. The van der Waals surface area contributed by atoms with Crippen LogP contribution in [0, 0.1) is 11.6 Å². The van der Waals surface area contributed by atoms with Crippen LogP contribution in [-0.4, -0.2) is 15.3 Å². The molecule has 2 aromatic heterocycles. The number of anilines is 1. The van der Waals surface area contributed by atoms with Crippen LogP contribution in [-0.2, 0) is 11.2 Å². The summed E-state index contributed by atoms with van der Waals surface area (Å²) in [4.78, 5) is 16.2. The van der Waals surface area contributed by atoms with Crippen LogP contribution < -0.4 is 5.32 Å². The lowest BCUT2D eigenvalue weighted by molar-refractivity contribution is -0.115. The fraction of sp³-hybridized carbons (Fsp3) is 0.0667. The topological polar surface area (TPSA) is 46.4 Å². The third kappa shape index (κ3) is 3.07. The molecule has 0 bridgehead atoms. The van der Waals surface area contributed by atoms with E-state index in [9.17, 15) is 13.6 Å². The number of rotatable bonds is 3. The lowest BCUT2D eigenvalue weighted by atomic mass is 10.2. The second-order valence-corrected chi connectivity index (χ2v) is 5.14. The van der Waals surface area contributed by atoms with Gasteiger partial charge in [0.1, 0.15) is 5.65 Å². The van der Waals surface area contributed by atoms with Crippen molar-refractivity contribution in [3.8, 4) is 0 Å². The average Bonchev–Trinajstić information content (AvgIpc) is 2.84. The molecule has 1 amide bonds. The first-order chi connectivity index (χ1) is 10.5. The number of hydrogen-bond donors (Lipinski definition) is 1. The maximum atomic E-state index is 13.1. The Morgan fingerprint density at radius 3 is 2.77 bits per heavy atom. The van der Waals surface area contributed by atoms with Crippen molar-refractivity contribution >= 4 is 28.8 Å². The van der Waals surface area contributed by atoms with Crippen molar-refractivity contribution in [3.05, 3.63) is 65.1 Å². The normalized spacial score (nSPS) is 10.9. The fourth-order valence-electron chi connectivity index (χ4n) is 2.05. The second-order valence-electron chi connectivity index (χ2n) is 4.70. The molecule has 0 saturated heterocycles. The summed E-state index contributed by atoms with van der Waals surface area (Å²) in [6.07, 6.45) is 3.38. The molecule has 0 fully saturated rings. The summed E-state index contributed by atoms with van der Waals surface area (Å²) in [5.41, 5.74) is 1.40. The van der Waals surface area contributed by atoms with Crippen molar-refractivity contribution < 1.29 is 13.6 Å². The average molecular weight is 322 g/mol. The molecule has 1 N–H and O–H groups in total. The highest BCUT2D eigenvalue weighted by Crippen LogP contribution is 2.15. The van der Waals surface area contributed by atoms with Crippen molar-refractivity contribution in [2.24, 2.45) is 0 Å². The number of benzene rings is 1. The standard InChI is InChI=1S/C15H10ClF2N3O/c16-9-1-4-14-19-11(8-21(14)7-9)6-15(22)20-10-2-3-12(17)13(18)5-10/h1-5,7-8H,6H2,(H,20,22). The van der Waals surface area contributed by atoms with Gasteiger partial charge < -0.3 is 9.72 Å². The Morgan fingerprint density at radius 2 is 2.00 bits per heavy atom. The van der Waals surface area contributed by atoms with Crippen LogP contribution in [0.15, 0.2) is 42.7 Å². The number of pyridine rings is 1. The van der Waals surface area contributed by atoms with Crippen LogP contribution in [0.5, 0.6) is 0 Å². The molecular formula is C15H10ClF2N3O. The number of nitrogens with zero attached hydrogens (tertiary/aromatic N) is 2. The second kappa shape index (κ2) is 5.73. The number of imidazole rings is 1. The van der Waals surface area contributed by atoms with Gasteiger partial charge in [-0.2, -0.15) is 0 Å². The zero-order valence-electron chi connectivity index (χ0n) is 11.2. The first-order valence-corrected chi connectivity index (χ1v) is 6.77. The Kier molecular flexibility index (Phi) is 3.77. The summed E-state index contributed by atoms with van der Waals surface area (Å²) >= 11 is 5.87. The molecule has 0 aliphatic carbocycles. The highest BCUT2D eigenvalue weighted by Gasteiger charge is 2.10. The molecule has 0 aliphatic rings. The summed E-state index contributed by atoms with van der Waals surface area (Å²) in [6.45, 7) is 0. The summed E-state index contributed by atoms with van der Waals surface area (Å²) < 4.78 is 27.6. The molecule has 3 rings (SSSR count). The van der Waals surface area contributed by atoms with Gasteiger partial charge >= 0.3 is 0 Å². The number of halogens is 3. The van der Waals surface area contributed by atoms with Crippen molar-refractivity contribution in [2.75, 3.05) is 5.32 Å². The Labute approximate surface area is 129 Å². The fourth-order valence-corrected chi connectivity index (χ4v) is 2.21. The summed E-state index contributed by atoms with van der Waals surface area (Å²) in [6, 6.07) is 6.61. The molecule has 2 heterocycles. The van der Waals surface area contributed by atoms with Gasteiger partial charge in [-0.05, 0) is 24.3 Å². The lowest BCUT2D eigenvalue weighted by Crippen LogP contribution is -2.14. The summed E-state index contributed by atoms with van der Waals surface area (Å²) in [5.74, 6) is -2.35. The number of nitrogens with one attached hydrogen (secondary N) is 1. The van der Waals surface area contributed by atoms with Crippen LogP contribution in [0.4, 0.5) is 14.5 Å². The van der Waals surface area contributed by atoms with Crippen LogP contribution in [0.3, 0.4) is 0 Å². The first kappa shape index (κ1) is 14.5. The number of fused-ring (bicyclic) bond motifs is 1. The highest BCUT2D eigenvalue weighted by atomic mass is 35.5. The molecule has 0 unspecified atom stereocenters. The maximum Gasteiger partial charge on any atom is 0.230 e. The Hall–Kier alpha value is -2.47. The van der Waals surface area contributed by atoms with Gasteiger partial charge in [0.25, 0.3) is 0 Å². The van der Waals surface area contributed by atoms with Crippen LogP contribution in [0.25, 0.3) is 5.65 Å². The van der Waals surface area contributed by atoms with Crippen molar-refractivity contribution in [2.45, 2.75) is 6.42 Å². The minimum absolute atomic E-state index is 0.0122. The van der Waals surface area contributed by atoms with Gasteiger partial charge in [0, 0.05) is 24.1 Å². The predicted molar refractivity (Wildman–Crippen MR) is 78.9 cm³/mol. The molecule has 112 valence electrons. The van der Waals surface area contributed by atoms with Crippen LogP contribution in [0.1, 0.15) is 5.69 Å². The maximum absolute atomic E-state index is 13.1. The molecule has 0 spiro atoms. The molecule has 0 aliphatic heterocycles. The molecule has 0 saturated carbocycles. The van der Waals surface area contributed by atoms with E-state index in [1.54, 1.807) is 28.9 Å². The molecule has 1 aromatic carbocycles. The molecule has 7 heteroatoms. The Morgan fingerprint density at radius 1 is 1.18 bits per heavy atom. The van der Waals surface area contributed by atoms with E-state index in [2.05, 4.69) is 10.3 Å². The first-order valence-electron chi connectivity index (χ1n) is 6.39. The van der Waals surface area contributed by atoms with E-state index in [0.717, 1.165) is 12.1 Å². The third-order valence-corrected chi connectivity index (χ3v) is 3.23. The van der Waals surface area contributed by atoms with Gasteiger partial charge in [-0.3, -0.25) is 4.79 Å². The van der Waals surface area contributed by atoms with E-state index in [1.807, 2.05) is 0 Å². The minimum Gasteiger partial charge on any atom is -0.326 e. The van der Waals surface area contributed by atoms with E-state index < -0.39 is 11.6 Å². The molecule has 0 radical (unpaired) electrons. The zero-order valence-corrected chi connectivity index (χ0v) is 11.9. The van der Waals surface area contributed by atoms with Crippen molar-refractivity contribution in [1.82, 2.24) is 9.38 Å². The highest BCUT2D eigenvalue weighted by molar-refractivity contribution is 6.30. The molecule has 22 heavy (non-hydrogen) atoms. The van der Waals surface area contributed by atoms with Gasteiger partial charge in [-0.25, -0.2) is 13.8 Å². The predicted octanol–water partition coefficient (Wildman–Crippen LogP) is 3.45. The van der Waals surface area contributed by atoms with Gasteiger partial charge in [-0.1, -0.05) is 11.6 Å². The zero-order chi connectivity index (χ0) is 15.7. The van der Waals surface area contributed by atoms with E-state index in [1.165, 1.54) is 6.07 Å². The molecular weight excluding hydrogens is 312 g/mol. The van der Waals surface area contributed by atoms with Gasteiger partial charge in [0.05, 0.1) is 17.1 Å². The number of amides is 1. The SMILES string of the molecule is O=C(Cc1cn2cc(Cl)ccc2n1)Nc1ccc(F)c(F)c1. The smallest absolute Gasteiger partial charge is 0.230 e. The number of carbonyl (C=O) groups is 1. The van der Waals surface area contributed by atoms with E-state index in [4.69, 9.17) is 11.6 Å². The van der Waals surface area contributed by atoms with Crippen molar-refractivity contribution in [3.63, 3.8) is 0 Å². The van der Waals surface area contributed by atoms with Gasteiger partial charge in [-0.15, -0.1) is 0 Å². The molecule has 3 aromatic rings. The molecule has 0 atom stereocenters. The largest absolute Gasteiger partial charge is 0.326 e. The van der Waals surface area contributed by atoms with E-state index in [0.29, 0.717) is 16.4 Å². The molecule has 4 nitrogen and oxygen atoms in total.